The molecule has 2 amide bonds. The van der Waals surface area contributed by atoms with Crippen LogP contribution in [0.4, 0.5) is 5.69 Å². The first-order valence-corrected chi connectivity index (χ1v) is 15.9. The van der Waals surface area contributed by atoms with E-state index in [0.29, 0.717) is 27.0 Å². The van der Waals surface area contributed by atoms with Gasteiger partial charge in [-0.25, -0.2) is 9.97 Å². The number of thiazole rings is 1. The van der Waals surface area contributed by atoms with Gasteiger partial charge in [0.25, 0.3) is 5.91 Å². The molecule has 0 aliphatic carbocycles. The van der Waals surface area contributed by atoms with Crippen molar-refractivity contribution in [2.24, 2.45) is 0 Å². The third kappa shape index (κ3) is 8.22. The fourth-order valence-corrected chi connectivity index (χ4v) is 6.67. The van der Waals surface area contributed by atoms with Gasteiger partial charge < -0.3 is 10.6 Å². The van der Waals surface area contributed by atoms with Gasteiger partial charge in [-0.15, -0.1) is 11.3 Å². The summed E-state index contributed by atoms with van der Waals surface area (Å²) in [6.45, 7) is 2.62. The summed E-state index contributed by atoms with van der Waals surface area (Å²) in [6.07, 6.45) is 3.34. The van der Waals surface area contributed by atoms with Crippen LogP contribution in [0, 0.1) is 0 Å². The highest BCUT2D eigenvalue weighted by Gasteiger charge is 2.21. The van der Waals surface area contributed by atoms with Gasteiger partial charge in [0.15, 0.2) is 4.34 Å². The smallest absolute Gasteiger partial charge is 0.258 e. The number of nitrogens with zero attached hydrogens (tertiary/aromatic N) is 3. The minimum absolute atomic E-state index is 0.00783. The molecule has 5 rings (SSSR count). The van der Waals surface area contributed by atoms with Gasteiger partial charge in [-0.05, 0) is 54.8 Å². The number of halogens is 3. The third-order valence-electron chi connectivity index (χ3n) is 6.57. The highest BCUT2D eigenvalue weighted by atomic mass is 35.5. The Kier molecular flexibility index (Phi) is 10.2. The summed E-state index contributed by atoms with van der Waals surface area (Å²) in [4.78, 5) is 36.2. The van der Waals surface area contributed by atoms with E-state index in [1.54, 1.807) is 18.2 Å². The van der Waals surface area contributed by atoms with Crippen molar-refractivity contribution in [3.63, 3.8) is 0 Å². The molecule has 0 saturated carbocycles. The van der Waals surface area contributed by atoms with Crippen LogP contribution in [-0.4, -0.2) is 51.6 Å². The van der Waals surface area contributed by atoms with Crippen LogP contribution in [0.2, 0.25) is 15.2 Å². The Morgan fingerprint density at radius 3 is 2.63 bits per heavy atom. The Morgan fingerprint density at radius 1 is 1.02 bits per heavy atom. The number of amides is 2. The molecule has 0 bridgehead atoms. The van der Waals surface area contributed by atoms with E-state index in [4.69, 9.17) is 34.8 Å². The Labute approximate surface area is 261 Å². The third-order valence-corrected chi connectivity index (χ3v) is 9.63. The largest absolute Gasteiger partial charge is 0.353 e. The lowest BCUT2D eigenvalue weighted by Gasteiger charge is -2.32. The molecule has 0 unspecified atom stereocenters. The molecule has 7 nitrogen and oxygen atoms in total. The molecule has 1 saturated heterocycles. The molecule has 0 spiro atoms. The van der Waals surface area contributed by atoms with Crippen LogP contribution in [0.25, 0.3) is 11.3 Å². The second kappa shape index (κ2) is 14.0. The van der Waals surface area contributed by atoms with Crippen LogP contribution in [0.1, 0.15) is 28.8 Å². The van der Waals surface area contributed by atoms with Crippen molar-refractivity contribution in [3.8, 4) is 11.3 Å². The molecule has 1 aliphatic heterocycles. The number of aromatic nitrogens is 2. The van der Waals surface area contributed by atoms with Crippen LogP contribution in [-0.2, 0) is 11.3 Å². The van der Waals surface area contributed by atoms with E-state index in [0.717, 1.165) is 53.6 Å². The highest BCUT2D eigenvalue weighted by molar-refractivity contribution is 8.01. The number of hydrogen-bond donors (Lipinski definition) is 2. The maximum Gasteiger partial charge on any atom is 0.258 e. The van der Waals surface area contributed by atoms with E-state index in [9.17, 15) is 9.59 Å². The van der Waals surface area contributed by atoms with Gasteiger partial charge >= 0.3 is 0 Å². The van der Waals surface area contributed by atoms with Crippen molar-refractivity contribution in [1.82, 2.24) is 20.2 Å². The molecule has 0 radical (unpaired) electrons. The van der Waals surface area contributed by atoms with E-state index in [2.05, 4.69) is 25.5 Å². The predicted molar refractivity (Wildman–Crippen MR) is 168 cm³/mol. The van der Waals surface area contributed by atoms with E-state index >= 15 is 0 Å². The number of anilines is 1. The molecule has 12 heteroatoms. The van der Waals surface area contributed by atoms with Crippen LogP contribution < -0.4 is 10.6 Å². The Balaban J connectivity index is 1.08. The molecule has 0 atom stereocenters. The Morgan fingerprint density at radius 2 is 1.85 bits per heavy atom. The SMILES string of the molecule is O=C(CSc1nc(-c2cccc(NC(=O)c3cccnc3Cl)c2)cs1)NC1CCN(Cc2ccc(Cl)c(Cl)c2)CC1. The zero-order valence-electron chi connectivity index (χ0n) is 21.8. The van der Waals surface area contributed by atoms with Gasteiger partial charge in [0.05, 0.1) is 27.1 Å². The number of pyridine rings is 1. The van der Waals surface area contributed by atoms with Gasteiger partial charge in [-0.1, -0.05) is 64.8 Å². The van der Waals surface area contributed by atoms with Crippen molar-refractivity contribution < 1.29 is 9.59 Å². The topological polar surface area (TPSA) is 87.2 Å². The summed E-state index contributed by atoms with van der Waals surface area (Å²) in [5, 5.41) is 9.25. The fourth-order valence-electron chi connectivity index (χ4n) is 4.49. The summed E-state index contributed by atoms with van der Waals surface area (Å²) in [5.74, 6) is -0.0234. The van der Waals surface area contributed by atoms with E-state index in [1.165, 1.54) is 29.3 Å². The van der Waals surface area contributed by atoms with Crippen LogP contribution in [0.15, 0.2) is 70.5 Å². The first kappa shape index (κ1) is 29.8. The monoisotopic (exact) mass is 645 g/mol. The first-order valence-electron chi connectivity index (χ1n) is 12.9. The van der Waals surface area contributed by atoms with Crippen molar-refractivity contribution in [2.45, 2.75) is 29.8 Å². The number of carbonyl (C=O) groups is 2. The lowest BCUT2D eigenvalue weighted by Crippen LogP contribution is -2.44. The maximum absolute atomic E-state index is 12.6. The van der Waals surface area contributed by atoms with Crippen molar-refractivity contribution in [3.05, 3.63) is 92.5 Å². The molecule has 1 fully saturated rings. The van der Waals surface area contributed by atoms with Crippen molar-refractivity contribution in [2.75, 3.05) is 24.2 Å². The highest BCUT2D eigenvalue weighted by Crippen LogP contribution is 2.30. The molecule has 1 aliphatic rings. The number of benzene rings is 2. The quantitative estimate of drug-likeness (QED) is 0.147. The maximum atomic E-state index is 12.6. The number of hydrogen-bond acceptors (Lipinski definition) is 7. The average Bonchev–Trinajstić information content (AvgIpc) is 3.45. The minimum Gasteiger partial charge on any atom is -0.353 e. The molecule has 41 heavy (non-hydrogen) atoms. The molecule has 2 aromatic carbocycles. The fraction of sp³-hybridized carbons (Fsp3) is 0.241. The second-order valence-corrected chi connectivity index (χ2v) is 12.8. The van der Waals surface area contributed by atoms with Gasteiger partial charge in [0.2, 0.25) is 5.91 Å². The molecular formula is C29H26Cl3N5O2S2. The zero-order valence-corrected chi connectivity index (χ0v) is 25.7. The standard InChI is InChI=1S/C29H26Cl3N5O2S2/c30-23-7-6-18(13-24(23)31)15-37-11-8-20(9-12-37)34-26(38)17-41-29-36-25(16-40-29)19-3-1-4-21(14-19)35-28(39)22-5-2-10-33-27(22)32/h1-7,10,13-14,16,20H,8-9,11-12,15,17H2,(H,34,38)(H,35,39). The molecule has 212 valence electrons. The number of rotatable bonds is 9. The zero-order chi connectivity index (χ0) is 28.8. The van der Waals surface area contributed by atoms with E-state index < -0.39 is 0 Å². The molecule has 2 aromatic heterocycles. The molecular weight excluding hydrogens is 621 g/mol. The predicted octanol–water partition coefficient (Wildman–Crippen LogP) is 7.29. The molecule has 4 aromatic rings. The first-order chi connectivity index (χ1) is 19.8. The molecule has 3 heterocycles. The van der Waals surface area contributed by atoms with E-state index in [1.807, 2.05) is 41.8 Å². The number of piperidine rings is 1. The lowest BCUT2D eigenvalue weighted by atomic mass is 10.0. The normalized spacial score (nSPS) is 14.1. The summed E-state index contributed by atoms with van der Waals surface area (Å²) in [7, 11) is 0. The van der Waals surface area contributed by atoms with E-state index in [-0.39, 0.29) is 23.0 Å². The van der Waals surface area contributed by atoms with Crippen LogP contribution in [0.3, 0.4) is 0 Å². The molecule has 2 N–H and O–H groups in total. The minimum atomic E-state index is -0.335. The second-order valence-electron chi connectivity index (χ2n) is 9.53. The number of likely N-dealkylation sites (tertiary alicyclic amines) is 1. The van der Waals surface area contributed by atoms with Gasteiger partial charge in [0.1, 0.15) is 5.15 Å². The summed E-state index contributed by atoms with van der Waals surface area (Å²) in [5.41, 5.74) is 3.70. The van der Waals surface area contributed by atoms with Crippen molar-refractivity contribution >= 4 is 75.4 Å². The van der Waals surface area contributed by atoms with Crippen molar-refractivity contribution in [1.29, 1.82) is 0 Å². The Bertz CT molecular complexity index is 1540. The average molecular weight is 647 g/mol. The summed E-state index contributed by atoms with van der Waals surface area (Å²) < 4.78 is 0.808. The van der Waals surface area contributed by atoms with Crippen LogP contribution in [0.5, 0.6) is 0 Å². The lowest BCUT2D eigenvalue weighted by molar-refractivity contribution is -0.119. The number of thioether (sulfide) groups is 1. The Hall–Kier alpha value is -2.66. The van der Waals surface area contributed by atoms with Crippen LogP contribution >= 0.6 is 57.9 Å². The number of carbonyl (C=O) groups excluding carboxylic acids is 2. The van der Waals surface area contributed by atoms with Gasteiger partial charge in [-0.3, -0.25) is 14.5 Å². The summed E-state index contributed by atoms with van der Waals surface area (Å²) >= 11 is 21.1. The summed E-state index contributed by atoms with van der Waals surface area (Å²) in [6, 6.07) is 16.6. The number of nitrogens with one attached hydrogen (secondary N) is 2. The van der Waals surface area contributed by atoms with Gasteiger partial charge in [-0.2, -0.15) is 0 Å². The van der Waals surface area contributed by atoms with Gasteiger partial charge in [0, 0.05) is 48.5 Å².